The molecule has 0 atom stereocenters. The molecule has 0 bridgehead atoms. The molecule has 2 fully saturated rings. The standard InChI is InChI=1S/C16H23NO4/c1-11-12(18)9-16(10-13(11)19)5-7-17(8-6-16)14(20)21-15(2,3)4/h1,5-10H2,2-4H3. The average molecular weight is 293 g/mol. The summed E-state index contributed by atoms with van der Waals surface area (Å²) in [5, 5.41) is 0. The maximum Gasteiger partial charge on any atom is 0.410 e. The van der Waals surface area contributed by atoms with Crippen LogP contribution in [0.25, 0.3) is 0 Å². The largest absolute Gasteiger partial charge is 0.444 e. The molecule has 0 aromatic heterocycles. The Morgan fingerprint density at radius 1 is 1.14 bits per heavy atom. The molecule has 0 aromatic carbocycles. The molecule has 0 radical (unpaired) electrons. The van der Waals surface area contributed by atoms with E-state index < -0.39 is 5.60 Å². The number of amides is 1. The fourth-order valence-electron chi connectivity index (χ4n) is 2.96. The SMILES string of the molecule is C=C1C(=O)CC2(CCN(C(=O)OC(C)(C)C)CC2)CC1=O. The van der Waals surface area contributed by atoms with Gasteiger partial charge in [0.1, 0.15) is 5.60 Å². The Hall–Kier alpha value is -1.65. The summed E-state index contributed by atoms with van der Waals surface area (Å²) >= 11 is 0. The van der Waals surface area contributed by atoms with Gasteiger partial charge in [-0.2, -0.15) is 0 Å². The summed E-state index contributed by atoms with van der Waals surface area (Å²) in [4.78, 5) is 37.4. The number of allylic oxidation sites excluding steroid dienone is 1. The summed E-state index contributed by atoms with van der Waals surface area (Å²) in [5.74, 6) is -0.283. The summed E-state index contributed by atoms with van der Waals surface area (Å²) in [6.07, 6.45) is 1.75. The third-order valence-electron chi connectivity index (χ3n) is 4.22. The number of hydrogen-bond donors (Lipinski definition) is 0. The number of hydrogen-bond acceptors (Lipinski definition) is 4. The van der Waals surface area contributed by atoms with Crippen molar-refractivity contribution in [3.8, 4) is 0 Å². The number of ether oxygens (including phenoxy) is 1. The van der Waals surface area contributed by atoms with Gasteiger partial charge >= 0.3 is 6.09 Å². The third kappa shape index (κ3) is 3.52. The molecular formula is C16H23NO4. The molecule has 1 saturated heterocycles. The number of likely N-dealkylation sites (tertiary alicyclic amines) is 1. The average Bonchev–Trinajstić information content (AvgIpc) is 2.34. The first kappa shape index (κ1) is 15.7. The predicted molar refractivity (Wildman–Crippen MR) is 77.9 cm³/mol. The number of piperidine rings is 1. The van der Waals surface area contributed by atoms with Crippen molar-refractivity contribution in [2.75, 3.05) is 13.1 Å². The molecule has 21 heavy (non-hydrogen) atoms. The van der Waals surface area contributed by atoms with E-state index in [1.807, 2.05) is 20.8 Å². The monoisotopic (exact) mass is 293 g/mol. The van der Waals surface area contributed by atoms with Crippen molar-refractivity contribution >= 4 is 17.7 Å². The minimum atomic E-state index is -0.513. The van der Waals surface area contributed by atoms with Gasteiger partial charge in [-0.05, 0) is 39.0 Å². The van der Waals surface area contributed by atoms with E-state index in [1.54, 1.807) is 4.90 Å². The Morgan fingerprint density at radius 2 is 1.62 bits per heavy atom. The van der Waals surface area contributed by atoms with Crippen molar-refractivity contribution < 1.29 is 19.1 Å². The number of nitrogens with zero attached hydrogens (tertiary/aromatic N) is 1. The molecule has 116 valence electrons. The molecule has 0 aromatic rings. The van der Waals surface area contributed by atoms with Gasteiger partial charge in [-0.1, -0.05) is 6.58 Å². The topological polar surface area (TPSA) is 63.7 Å². The number of Topliss-reactive ketones (excluding diaryl/α,β-unsaturated/α-hetero) is 2. The number of carbonyl (C=O) groups excluding carboxylic acids is 3. The lowest BCUT2D eigenvalue weighted by molar-refractivity contribution is -0.129. The Morgan fingerprint density at radius 3 is 2.05 bits per heavy atom. The van der Waals surface area contributed by atoms with Crippen LogP contribution >= 0.6 is 0 Å². The smallest absolute Gasteiger partial charge is 0.410 e. The van der Waals surface area contributed by atoms with E-state index in [0.717, 1.165) is 0 Å². The minimum absolute atomic E-state index is 0.134. The van der Waals surface area contributed by atoms with Crippen LogP contribution in [0.15, 0.2) is 12.2 Å². The van der Waals surface area contributed by atoms with Crippen LogP contribution in [0.3, 0.4) is 0 Å². The Balaban J connectivity index is 1.97. The minimum Gasteiger partial charge on any atom is -0.444 e. The van der Waals surface area contributed by atoms with E-state index in [9.17, 15) is 14.4 Å². The van der Waals surface area contributed by atoms with Crippen LogP contribution in [0.2, 0.25) is 0 Å². The zero-order chi connectivity index (χ0) is 15.8. The van der Waals surface area contributed by atoms with Crippen LogP contribution in [-0.4, -0.2) is 41.3 Å². The summed E-state index contributed by atoms with van der Waals surface area (Å²) in [6, 6.07) is 0. The number of ketones is 2. The van der Waals surface area contributed by atoms with Gasteiger partial charge in [-0.25, -0.2) is 4.79 Å². The molecule has 0 unspecified atom stereocenters. The summed E-state index contributed by atoms with van der Waals surface area (Å²) in [6.45, 7) is 10.1. The first-order valence-corrected chi connectivity index (χ1v) is 7.35. The van der Waals surface area contributed by atoms with E-state index in [-0.39, 0.29) is 28.6 Å². The Labute approximate surface area is 125 Å². The zero-order valence-electron chi connectivity index (χ0n) is 13.0. The van der Waals surface area contributed by atoms with Crippen molar-refractivity contribution in [2.45, 2.75) is 52.1 Å². The normalized spacial score (nSPS) is 22.6. The Bertz CT molecular complexity index is 471. The highest BCUT2D eigenvalue weighted by molar-refractivity contribution is 6.21. The van der Waals surface area contributed by atoms with Crippen LogP contribution in [-0.2, 0) is 14.3 Å². The maximum absolute atomic E-state index is 12.0. The second-order valence-electron chi connectivity index (χ2n) is 7.15. The lowest BCUT2D eigenvalue weighted by Gasteiger charge is -2.43. The molecule has 5 nitrogen and oxygen atoms in total. The van der Waals surface area contributed by atoms with Gasteiger partial charge in [0.15, 0.2) is 11.6 Å². The van der Waals surface area contributed by atoms with Crippen molar-refractivity contribution in [1.82, 2.24) is 4.90 Å². The third-order valence-corrected chi connectivity index (χ3v) is 4.22. The van der Waals surface area contributed by atoms with Crippen molar-refractivity contribution in [1.29, 1.82) is 0 Å². The summed E-state index contributed by atoms with van der Waals surface area (Å²) in [5.41, 5.74) is -0.663. The highest BCUT2D eigenvalue weighted by Gasteiger charge is 2.44. The molecule has 2 rings (SSSR count). The molecule has 1 heterocycles. The molecule has 0 N–H and O–H groups in total. The number of carbonyl (C=O) groups is 3. The van der Waals surface area contributed by atoms with Crippen molar-refractivity contribution in [2.24, 2.45) is 5.41 Å². The van der Waals surface area contributed by atoms with Gasteiger partial charge in [0, 0.05) is 25.9 Å². The van der Waals surface area contributed by atoms with Crippen LogP contribution in [0.5, 0.6) is 0 Å². The fraction of sp³-hybridized carbons (Fsp3) is 0.688. The summed E-state index contributed by atoms with van der Waals surface area (Å²) < 4.78 is 5.35. The first-order chi connectivity index (χ1) is 9.62. The van der Waals surface area contributed by atoms with Crippen LogP contribution in [0.1, 0.15) is 46.5 Å². The van der Waals surface area contributed by atoms with Crippen LogP contribution < -0.4 is 0 Å². The van der Waals surface area contributed by atoms with Crippen molar-refractivity contribution in [3.63, 3.8) is 0 Å². The Kier molecular flexibility index (Phi) is 3.95. The number of rotatable bonds is 0. The first-order valence-electron chi connectivity index (χ1n) is 7.35. The van der Waals surface area contributed by atoms with E-state index >= 15 is 0 Å². The summed E-state index contributed by atoms with van der Waals surface area (Å²) in [7, 11) is 0. The van der Waals surface area contributed by atoms with E-state index in [0.29, 0.717) is 38.8 Å². The molecule has 2 aliphatic rings. The highest BCUT2D eigenvalue weighted by Crippen LogP contribution is 2.43. The molecule has 5 heteroatoms. The molecule has 1 aliphatic heterocycles. The van der Waals surface area contributed by atoms with Gasteiger partial charge in [0.25, 0.3) is 0 Å². The lowest BCUT2D eigenvalue weighted by atomic mass is 9.66. The van der Waals surface area contributed by atoms with E-state index in [4.69, 9.17) is 4.74 Å². The molecule has 1 saturated carbocycles. The molecule has 1 aliphatic carbocycles. The van der Waals surface area contributed by atoms with Gasteiger partial charge in [0.2, 0.25) is 0 Å². The van der Waals surface area contributed by atoms with Gasteiger partial charge in [-0.3, -0.25) is 9.59 Å². The zero-order valence-corrected chi connectivity index (χ0v) is 13.0. The molecular weight excluding hydrogens is 270 g/mol. The quantitative estimate of drug-likeness (QED) is 0.508. The van der Waals surface area contributed by atoms with Crippen LogP contribution in [0, 0.1) is 5.41 Å². The van der Waals surface area contributed by atoms with Gasteiger partial charge < -0.3 is 9.64 Å². The second-order valence-corrected chi connectivity index (χ2v) is 7.15. The van der Waals surface area contributed by atoms with Crippen molar-refractivity contribution in [3.05, 3.63) is 12.2 Å². The van der Waals surface area contributed by atoms with Gasteiger partial charge in [-0.15, -0.1) is 0 Å². The van der Waals surface area contributed by atoms with Crippen LogP contribution in [0.4, 0.5) is 4.79 Å². The molecule has 1 spiro atoms. The van der Waals surface area contributed by atoms with E-state index in [1.165, 1.54) is 0 Å². The fourth-order valence-corrected chi connectivity index (χ4v) is 2.96. The lowest BCUT2D eigenvalue weighted by Crippen LogP contribution is -2.48. The predicted octanol–water partition coefficient (Wildman–Crippen LogP) is 2.49. The highest BCUT2D eigenvalue weighted by atomic mass is 16.6. The maximum atomic E-state index is 12.0. The second kappa shape index (κ2) is 5.28. The van der Waals surface area contributed by atoms with E-state index in [2.05, 4.69) is 6.58 Å². The van der Waals surface area contributed by atoms with Gasteiger partial charge in [0.05, 0.1) is 5.57 Å². The molecule has 1 amide bonds.